The van der Waals surface area contributed by atoms with Crippen molar-refractivity contribution in [1.29, 1.82) is 0 Å². The van der Waals surface area contributed by atoms with Crippen LogP contribution in [0, 0.1) is 0 Å². The van der Waals surface area contributed by atoms with E-state index in [0.29, 0.717) is 14.9 Å². The molecule has 1 aromatic heterocycles. The first kappa shape index (κ1) is 25.2. The van der Waals surface area contributed by atoms with Gasteiger partial charge in [0.2, 0.25) is 0 Å². The molecular formula is C32H31N3O3S. The number of rotatable bonds is 6. The molecule has 2 aliphatic rings. The van der Waals surface area contributed by atoms with Gasteiger partial charge in [-0.05, 0) is 62.1 Å². The Morgan fingerprint density at radius 1 is 1.08 bits per heavy atom. The minimum Gasteiger partial charge on any atom is -0.507 e. The standard InChI is InChI=1S/C32H31N3O3S/c1-4-34(5-2)22-16-14-21(26(36)19-22)18-28-31(37)35-30(24-12-8-9-13-27(24)38-3)25-17-15-20-10-6-7-11-23(20)29(25)33-32(35)39-28/h6-14,16,18-19,30,36H,4-5,15,17H2,1-3H3/b28-18-/t30-/m0/s1. The molecule has 1 aliphatic heterocycles. The lowest BCUT2D eigenvalue weighted by molar-refractivity contribution is 0.402. The Bertz CT molecular complexity index is 1780. The molecule has 0 unspecified atom stereocenters. The predicted octanol–water partition coefficient (Wildman–Crippen LogP) is 4.88. The van der Waals surface area contributed by atoms with Gasteiger partial charge < -0.3 is 14.7 Å². The van der Waals surface area contributed by atoms with Crippen LogP contribution in [0.25, 0.3) is 11.8 Å². The van der Waals surface area contributed by atoms with Gasteiger partial charge in [0.15, 0.2) is 4.80 Å². The molecule has 6 rings (SSSR count). The van der Waals surface area contributed by atoms with E-state index < -0.39 is 0 Å². The van der Waals surface area contributed by atoms with E-state index in [9.17, 15) is 9.90 Å². The SMILES string of the molecule is CCN(CC)c1ccc(/C=c2\sc3n(c2=O)[C@@H](c2ccccc2OC)C2=C(N=3)c3ccccc3CC2)c(O)c1. The number of nitrogens with zero attached hydrogens (tertiary/aromatic N) is 3. The predicted molar refractivity (Wildman–Crippen MR) is 157 cm³/mol. The summed E-state index contributed by atoms with van der Waals surface area (Å²) < 4.78 is 8.10. The van der Waals surface area contributed by atoms with Crippen LogP contribution in [0.2, 0.25) is 0 Å². The van der Waals surface area contributed by atoms with Crippen LogP contribution in [0.4, 0.5) is 5.69 Å². The molecule has 4 aromatic rings. The van der Waals surface area contributed by atoms with Crippen molar-refractivity contribution in [2.75, 3.05) is 25.1 Å². The van der Waals surface area contributed by atoms with Gasteiger partial charge in [0.25, 0.3) is 5.56 Å². The van der Waals surface area contributed by atoms with Crippen LogP contribution < -0.4 is 24.5 Å². The van der Waals surface area contributed by atoms with Crippen molar-refractivity contribution in [2.45, 2.75) is 32.7 Å². The number of para-hydroxylation sites is 1. The fraction of sp³-hybridized carbons (Fsp3) is 0.250. The molecule has 0 saturated carbocycles. The van der Waals surface area contributed by atoms with Crippen molar-refractivity contribution in [3.63, 3.8) is 0 Å². The number of benzene rings is 3. The molecule has 2 heterocycles. The number of aromatic nitrogens is 1. The van der Waals surface area contributed by atoms with Gasteiger partial charge in [-0.1, -0.05) is 53.8 Å². The molecule has 0 fully saturated rings. The Labute approximate surface area is 231 Å². The zero-order chi connectivity index (χ0) is 27.1. The van der Waals surface area contributed by atoms with Gasteiger partial charge in [0, 0.05) is 41.5 Å². The van der Waals surface area contributed by atoms with Crippen LogP contribution in [0.1, 0.15) is 48.6 Å². The molecule has 3 aromatic carbocycles. The van der Waals surface area contributed by atoms with Crippen molar-refractivity contribution < 1.29 is 9.84 Å². The molecule has 6 nitrogen and oxygen atoms in total. The number of methoxy groups -OCH3 is 1. The van der Waals surface area contributed by atoms with E-state index in [0.717, 1.165) is 59.8 Å². The highest BCUT2D eigenvalue weighted by molar-refractivity contribution is 7.07. The Balaban J connectivity index is 1.56. The van der Waals surface area contributed by atoms with Crippen molar-refractivity contribution in [3.8, 4) is 11.5 Å². The normalized spacial score (nSPS) is 16.3. The van der Waals surface area contributed by atoms with Gasteiger partial charge in [-0.25, -0.2) is 4.99 Å². The van der Waals surface area contributed by atoms with Crippen molar-refractivity contribution in [3.05, 3.63) is 114 Å². The summed E-state index contributed by atoms with van der Waals surface area (Å²) in [4.78, 5) is 21.9. The van der Waals surface area contributed by atoms with Crippen molar-refractivity contribution in [2.24, 2.45) is 4.99 Å². The third-order valence-electron chi connectivity index (χ3n) is 7.74. The maximum atomic E-state index is 14.0. The van der Waals surface area contributed by atoms with Crippen LogP contribution in [0.3, 0.4) is 0 Å². The van der Waals surface area contributed by atoms with Crippen LogP contribution in [-0.4, -0.2) is 29.9 Å². The maximum absolute atomic E-state index is 14.0. The van der Waals surface area contributed by atoms with Gasteiger partial charge in [-0.15, -0.1) is 0 Å². The number of hydrogen-bond acceptors (Lipinski definition) is 6. The van der Waals surface area contributed by atoms with Gasteiger partial charge in [0.1, 0.15) is 11.5 Å². The Hall–Kier alpha value is -4.10. The Kier molecular flexibility index (Phi) is 6.61. The molecule has 1 aliphatic carbocycles. The minimum absolute atomic E-state index is 0.118. The molecule has 39 heavy (non-hydrogen) atoms. The molecular weight excluding hydrogens is 506 g/mol. The van der Waals surface area contributed by atoms with E-state index in [1.54, 1.807) is 19.3 Å². The minimum atomic E-state index is -0.318. The summed E-state index contributed by atoms with van der Waals surface area (Å²) in [6.07, 6.45) is 3.49. The molecule has 1 N–H and O–H groups in total. The molecule has 198 valence electrons. The average Bonchev–Trinajstić information content (AvgIpc) is 3.28. The Morgan fingerprint density at radius 2 is 1.85 bits per heavy atom. The lowest BCUT2D eigenvalue weighted by Crippen LogP contribution is -2.39. The topological polar surface area (TPSA) is 67.1 Å². The van der Waals surface area contributed by atoms with E-state index in [2.05, 4.69) is 36.9 Å². The molecule has 0 amide bonds. The van der Waals surface area contributed by atoms with Crippen molar-refractivity contribution >= 4 is 28.8 Å². The molecule has 1 atom stereocenters. The van der Waals surface area contributed by atoms with Crippen LogP contribution in [0.15, 0.2) is 82.1 Å². The van der Waals surface area contributed by atoms with Gasteiger partial charge >= 0.3 is 0 Å². The summed E-state index contributed by atoms with van der Waals surface area (Å²) >= 11 is 1.36. The van der Waals surface area contributed by atoms with E-state index >= 15 is 0 Å². The summed E-state index contributed by atoms with van der Waals surface area (Å²) in [5.41, 5.74) is 6.87. The first-order chi connectivity index (χ1) is 19.0. The third kappa shape index (κ3) is 4.27. The summed E-state index contributed by atoms with van der Waals surface area (Å²) in [7, 11) is 1.67. The second-order valence-electron chi connectivity index (χ2n) is 9.77. The Morgan fingerprint density at radius 3 is 2.62 bits per heavy atom. The number of phenols is 1. The smallest absolute Gasteiger partial charge is 0.271 e. The van der Waals surface area contributed by atoms with Crippen molar-refractivity contribution in [1.82, 2.24) is 4.57 Å². The van der Waals surface area contributed by atoms with Gasteiger partial charge in [-0.2, -0.15) is 0 Å². The van der Waals surface area contributed by atoms with Gasteiger partial charge in [-0.3, -0.25) is 9.36 Å². The van der Waals surface area contributed by atoms with E-state index in [4.69, 9.17) is 9.73 Å². The monoisotopic (exact) mass is 537 g/mol. The maximum Gasteiger partial charge on any atom is 0.271 e. The number of hydrogen-bond donors (Lipinski definition) is 1. The highest BCUT2D eigenvalue weighted by atomic mass is 32.1. The summed E-state index contributed by atoms with van der Waals surface area (Å²) in [5.74, 6) is 0.897. The molecule has 0 bridgehead atoms. The van der Waals surface area contributed by atoms with E-state index in [1.165, 1.54) is 16.9 Å². The molecule has 0 spiro atoms. The first-order valence-electron chi connectivity index (χ1n) is 13.4. The summed E-state index contributed by atoms with van der Waals surface area (Å²) in [6.45, 7) is 5.88. The molecule has 0 radical (unpaired) electrons. The van der Waals surface area contributed by atoms with E-state index in [1.807, 2.05) is 47.0 Å². The lowest BCUT2D eigenvalue weighted by Gasteiger charge is -2.31. The van der Waals surface area contributed by atoms with Crippen LogP contribution >= 0.6 is 11.3 Å². The average molecular weight is 538 g/mol. The summed E-state index contributed by atoms with van der Waals surface area (Å²) in [6, 6.07) is 21.6. The summed E-state index contributed by atoms with van der Waals surface area (Å²) in [5, 5.41) is 10.9. The molecule has 0 saturated heterocycles. The number of anilines is 1. The lowest BCUT2D eigenvalue weighted by atomic mass is 9.83. The number of aromatic hydroxyl groups is 1. The van der Waals surface area contributed by atoms with E-state index in [-0.39, 0.29) is 17.4 Å². The number of allylic oxidation sites excluding steroid dienone is 1. The number of phenolic OH excluding ortho intramolecular Hbond substituents is 1. The van der Waals surface area contributed by atoms with Crippen LogP contribution in [0.5, 0.6) is 11.5 Å². The zero-order valence-corrected chi connectivity index (χ0v) is 23.2. The third-order valence-corrected chi connectivity index (χ3v) is 8.72. The quantitative estimate of drug-likeness (QED) is 0.381. The highest BCUT2D eigenvalue weighted by Gasteiger charge is 2.34. The van der Waals surface area contributed by atoms with Gasteiger partial charge in [0.05, 0.1) is 23.4 Å². The number of aryl methyl sites for hydroxylation is 1. The fourth-order valence-corrected chi connectivity index (χ4v) is 6.76. The highest BCUT2D eigenvalue weighted by Crippen LogP contribution is 2.43. The number of ether oxygens (including phenoxy) is 1. The largest absolute Gasteiger partial charge is 0.507 e. The first-order valence-corrected chi connectivity index (χ1v) is 14.2. The second kappa shape index (κ2) is 10.2. The number of thiazole rings is 1. The second-order valence-corrected chi connectivity index (χ2v) is 10.8. The number of fused-ring (bicyclic) bond motifs is 3. The van der Waals surface area contributed by atoms with Crippen LogP contribution in [-0.2, 0) is 6.42 Å². The zero-order valence-electron chi connectivity index (χ0n) is 22.3. The molecule has 7 heteroatoms. The fourth-order valence-electron chi connectivity index (χ4n) is 5.77.